The van der Waals surface area contributed by atoms with E-state index in [1.165, 1.54) is 6.20 Å². The molecule has 0 aromatic rings. The van der Waals surface area contributed by atoms with Gasteiger partial charge in [-0.15, -0.1) is 0 Å². The third kappa shape index (κ3) is 5.01. The average Bonchev–Trinajstić information content (AvgIpc) is 1.61. The molecule has 0 aliphatic rings. The van der Waals surface area contributed by atoms with Gasteiger partial charge >= 0.3 is 5.97 Å². The molecule has 0 bridgehead atoms. The molecule has 0 heterocycles. The van der Waals surface area contributed by atoms with E-state index in [2.05, 4.69) is 0 Å². The summed E-state index contributed by atoms with van der Waals surface area (Å²) in [6, 6.07) is 0. The highest BCUT2D eigenvalue weighted by molar-refractivity contribution is 5.79. The van der Waals surface area contributed by atoms with Crippen molar-refractivity contribution in [2.45, 2.75) is 0 Å². The van der Waals surface area contributed by atoms with Crippen molar-refractivity contribution in [3.05, 3.63) is 12.3 Å². The summed E-state index contributed by atoms with van der Waals surface area (Å²) in [5.74, 6) is -0.918. The number of hydrogen-bond donors (Lipinski definition) is 1. The van der Waals surface area contributed by atoms with Crippen molar-refractivity contribution < 1.29 is 9.90 Å². The number of nitrogens with zero attached hydrogens (tertiary/aromatic N) is 1. The molecule has 0 aromatic carbocycles. The fourth-order valence-corrected chi connectivity index (χ4v) is 0.213. The smallest absolute Gasteiger partial charge is 0.329 e. The molecular formula is C5H9NO2. The van der Waals surface area contributed by atoms with Gasteiger partial charge in [0, 0.05) is 26.4 Å². The van der Waals surface area contributed by atoms with Crippen LogP contribution >= 0.6 is 0 Å². The van der Waals surface area contributed by atoms with E-state index in [1.807, 2.05) is 0 Å². The van der Waals surface area contributed by atoms with Crippen molar-refractivity contribution in [3.8, 4) is 0 Å². The third-order valence-electron chi connectivity index (χ3n) is 0.515. The van der Waals surface area contributed by atoms with Gasteiger partial charge in [0.15, 0.2) is 0 Å². The number of aliphatic carboxylic acids is 1. The molecule has 0 fully saturated rings. The quantitative estimate of drug-likeness (QED) is 0.520. The minimum absolute atomic E-state index is 0.918. The summed E-state index contributed by atoms with van der Waals surface area (Å²) in [7, 11) is 3.53. The van der Waals surface area contributed by atoms with Crippen LogP contribution in [0.25, 0.3) is 0 Å². The predicted octanol–water partition coefficient (Wildman–Crippen LogP) is 0.146. The minimum atomic E-state index is -0.918. The fourth-order valence-electron chi connectivity index (χ4n) is 0.213. The molecule has 0 aliphatic carbocycles. The highest BCUT2D eigenvalue weighted by Crippen LogP contribution is 1.75. The van der Waals surface area contributed by atoms with E-state index in [-0.39, 0.29) is 0 Å². The van der Waals surface area contributed by atoms with Crippen LogP contribution in [0.15, 0.2) is 12.3 Å². The molecule has 0 aliphatic heterocycles. The van der Waals surface area contributed by atoms with E-state index >= 15 is 0 Å². The third-order valence-corrected chi connectivity index (χ3v) is 0.515. The maximum Gasteiger partial charge on any atom is 0.329 e. The second kappa shape index (κ2) is 3.07. The normalized spacial score (nSPS) is 9.75. The second-order valence-electron chi connectivity index (χ2n) is 1.62. The summed E-state index contributed by atoms with van der Waals surface area (Å²) in [6.07, 6.45) is 2.56. The maximum atomic E-state index is 9.79. The topological polar surface area (TPSA) is 40.5 Å². The Balaban J connectivity index is 3.50. The Morgan fingerprint density at radius 3 is 2.25 bits per heavy atom. The van der Waals surface area contributed by atoms with Crippen LogP contribution in [0.2, 0.25) is 0 Å². The van der Waals surface area contributed by atoms with E-state index in [0.717, 1.165) is 6.08 Å². The van der Waals surface area contributed by atoms with Crippen molar-refractivity contribution in [2.75, 3.05) is 14.1 Å². The Kier molecular flexibility index (Phi) is 2.69. The van der Waals surface area contributed by atoms with E-state index in [1.54, 1.807) is 19.0 Å². The standard InChI is InChI=1S/C5H9NO2/c1-6(2)4-3-5(7)8/h3-4H,1-2H3,(H,7,8). The predicted molar refractivity (Wildman–Crippen MR) is 30.5 cm³/mol. The Bertz CT molecular complexity index is 107. The molecule has 0 amide bonds. The zero-order valence-electron chi connectivity index (χ0n) is 4.96. The van der Waals surface area contributed by atoms with Crippen LogP contribution in [0.4, 0.5) is 0 Å². The van der Waals surface area contributed by atoms with Crippen LogP contribution in [-0.4, -0.2) is 30.1 Å². The number of carboxylic acid groups (broad SMARTS) is 1. The van der Waals surface area contributed by atoms with Crippen LogP contribution in [-0.2, 0) is 4.79 Å². The second-order valence-corrected chi connectivity index (χ2v) is 1.62. The molecular weight excluding hydrogens is 106 g/mol. The lowest BCUT2D eigenvalue weighted by Crippen LogP contribution is -2.01. The van der Waals surface area contributed by atoms with Gasteiger partial charge in [0.25, 0.3) is 0 Å². The van der Waals surface area contributed by atoms with Crippen molar-refractivity contribution in [1.29, 1.82) is 0 Å². The lowest BCUT2D eigenvalue weighted by molar-refractivity contribution is -0.131. The van der Waals surface area contributed by atoms with Gasteiger partial charge in [0.1, 0.15) is 0 Å². The number of hydrogen-bond acceptors (Lipinski definition) is 2. The molecule has 3 heteroatoms. The van der Waals surface area contributed by atoms with Gasteiger partial charge in [-0.25, -0.2) is 4.79 Å². The minimum Gasteiger partial charge on any atom is -0.478 e. The summed E-state index contributed by atoms with van der Waals surface area (Å²) in [4.78, 5) is 11.5. The monoisotopic (exact) mass is 115 g/mol. The first kappa shape index (κ1) is 7.01. The summed E-state index contributed by atoms with van der Waals surface area (Å²) >= 11 is 0. The van der Waals surface area contributed by atoms with E-state index in [4.69, 9.17) is 5.11 Å². The molecule has 3 nitrogen and oxygen atoms in total. The van der Waals surface area contributed by atoms with Crippen LogP contribution in [0.5, 0.6) is 0 Å². The highest BCUT2D eigenvalue weighted by Gasteiger charge is 1.82. The zero-order valence-corrected chi connectivity index (χ0v) is 4.96. The van der Waals surface area contributed by atoms with E-state index < -0.39 is 5.97 Å². The van der Waals surface area contributed by atoms with Gasteiger partial charge in [-0.2, -0.15) is 0 Å². The van der Waals surface area contributed by atoms with E-state index in [9.17, 15) is 4.79 Å². The van der Waals surface area contributed by atoms with Crippen molar-refractivity contribution >= 4 is 5.97 Å². The lowest BCUT2D eigenvalue weighted by atomic mass is 10.6. The summed E-state index contributed by atoms with van der Waals surface area (Å²) in [5.41, 5.74) is 0. The fraction of sp³-hybridized carbons (Fsp3) is 0.400. The van der Waals surface area contributed by atoms with Crippen molar-refractivity contribution in [2.24, 2.45) is 0 Å². The molecule has 0 radical (unpaired) electrons. The van der Waals surface area contributed by atoms with Crippen molar-refractivity contribution in [1.82, 2.24) is 4.90 Å². The largest absolute Gasteiger partial charge is 0.478 e. The molecule has 0 unspecified atom stereocenters. The van der Waals surface area contributed by atoms with Crippen LogP contribution in [0, 0.1) is 0 Å². The summed E-state index contributed by atoms with van der Waals surface area (Å²) in [6.45, 7) is 0. The van der Waals surface area contributed by atoms with Crippen LogP contribution in [0.3, 0.4) is 0 Å². The van der Waals surface area contributed by atoms with Gasteiger partial charge in [0.2, 0.25) is 0 Å². The van der Waals surface area contributed by atoms with Gasteiger partial charge < -0.3 is 10.0 Å². The van der Waals surface area contributed by atoms with E-state index in [0.29, 0.717) is 0 Å². The van der Waals surface area contributed by atoms with Crippen LogP contribution < -0.4 is 0 Å². The maximum absolute atomic E-state index is 9.79. The first-order valence-corrected chi connectivity index (χ1v) is 2.20. The molecule has 0 saturated carbocycles. The summed E-state index contributed by atoms with van der Waals surface area (Å²) in [5, 5.41) is 8.05. The first-order chi connectivity index (χ1) is 3.63. The molecule has 0 saturated heterocycles. The summed E-state index contributed by atoms with van der Waals surface area (Å²) < 4.78 is 0. The van der Waals surface area contributed by atoms with Gasteiger partial charge in [0.05, 0.1) is 0 Å². The number of carbonyl (C=O) groups is 1. The highest BCUT2D eigenvalue weighted by atomic mass is 16.4. The zero-order chi connectivity index (χ0) is 6.57. The Morgan fingerprint density at radius 1 is 1.62 bits per heavy atom. The molecule has 0 spiro atoms. The average molecular weight is 115 g/mol. The van der Waals surface area contributed by atoms with Gasteiger partial charge in [-0.1, -0.05) is 0 Å². The molecule has 46 valence electrons. The molecule has 0 atom stereocenters. The first-order valence-electron chi connectivity index (χ1n) is 2.20. The molecule has 8 heavy (non-hydrogen) atoms. The van der Waals surface area contributed by atoms with Crippen molar-refractivity contribution in [3.63, 3.8) is 0 Å². The Morgan fingerprint density at radius 2 is 2.12 bits per heavy atom. The molecule has 0 aromatic heterocycles. The number of carboxylic acids is 1. The number of rotatable bonds is 2. The molecule has 1 N–H and O–H groups in total. The van der Waals surface area contributed by atoms with Gasteiger partial charge in [-0.3, -0.25) is 0 Å². The van der Waals surface area contributed by atoms with Gasteiger partial charge in [-0.05, 0) is 0 Å². The lowest BCUT2D eigenvalue weighted by Gasteiger charge is -2.00. The van der Waals surface area contributed by atoms with Crippen LogP contribution in [0.1, 0.15) is 0 Å². The Labute approximate surface area is 48.2 Å². The molecule has 0 rings (SSSR count). The Hall–Kier alpha value is -0.990. The SMILES string of the molecule is CN(C)C=CC(=O)O.